The average molecular weight is 429 g/mol. The Kier molecular flexibility index (Phi) is 7.15. The molecule has 30 heavy (non-hydrogen) atoms. The molecule has 0 aromatic heterocycles. The molecule has 0 bridgehead atoms. The summed E-state index contributed by atoms with van der Waals surface area (Å²) in [6, 6.07) is 14.2. The number of amides is 1. The van der Waals surface area contributed by atoms with E-state index in [9.17, 15) is 9.90 Å². The van der Waals surface area contributed by atoms with Gasteiger partial charge in [-0.05, 0) is 42.2 Å². The van der Waals surface area contributed by atoms with E-state index >= 15 is 0 Å². The van der Waals surface area contributed by atoms with Crippen LogP contribution in [0.25, 0.3) is 0 Å². The van der Waals surface area contributed by atoms with E-state index in [0.717, 1.165) is 54.4 Å². The third-order valence-electron chi connectivity index (χ3n) is 5.36. The molecule has 4 rings (SSSR count). The van der Waals surface area contributed by atoms with Gasteiger partial charge in [0.1, 0.15) is 13.2 Å². The number of likely N-dealkylation sites (tertiary alicyclic amines) is 1. The van der Waals surface area contributed by atoms with Gasteiger partial charge in [0, 0.05) is 31.1 Å². The first kappa shape index (κ1) is 21.0. The fraction of sp³-hybridized carbons (Fsp3) is 0.435. The number of hydrogen-bond acceptors (Lipinski definition) is 6. The van der Waals surface area contributed by atoms with Gasteiger partial charge in [-0.3, -0.25) is 9.69 Å². The van der Waals surface area contributed by atoms with Gasteiger partial charge in [0.05, 0.1) is 11.9 Å². The van der Waals surface area contributed by atoms with E-state index in [2.05, 4.69) is 34.5 Å². The number of piperidine rings is 1. The molecule has 160 valence electrons. The zero-order valence-corrected chi connectivity index (χ0v) is 17.8. The van der Waals surface area contributed by atoms with Crippen LogP contribution in [0.5, 0.6) is 11.5 Å². The standard InChI is InChI=1S/C23H28N2O4S/c26-19-7-9-25(10-8-19)15-18-3-1-17(2-4-18)14-24-23(27)16-30-20-5-6-21-22(13-20)29-12-11-28-21/h1-6,13,19,26H,7-12,14-16H2,(H,24,27). The Balaban J connectivity index is 1.19. The van der Waals surface area contributed by atoms with Crippen molar-refractivity contribution in [3.63, 3.8) is 0 Å². The molecule has 2 aliphatic heterocycles. The lowest BCUT2D eigenvalue weighted by Crippen LogP contribution is -2.35. The van der Waals surface area contributed by atoms with E-state index in [1.165, 1.54) is 17.3 Å². The summed E-state index contributed by atoms with van der Waals surface area (Å²) in [7, 11) is 0. The highest BCUT2D eigenvalue weighted by Gasteiger charge is 2.17. The highest BCUT2D eigenvalue weighted by atomic mass is 32.2. The Bertz CT molecular complexity index is 851. The van der Waals surface area contributed by atoms with Crippen molar-refractivity contribution in [3.05, 3.63) is 53.6 Å². The molecule has 2 aromatic carbocycles. The van der Waals surface area contributed by atoms with Crippen LogP contribution in [-0.4, -0.2) is 54.1 Å². The Hall–Kier alpha value is -2.22. The van der Waals surface area contributed by atoms with E-state index in [4.69, 9.17) is 9.47 Å². The molecular weight excluding hydrogens is 400 g/mol. The summed E-state index contributed by atoms with van der Waals surface area (Å²) in [6.45, 7) is 4.45. The Morgan fingerprint density at radius 2 is 1.73 bits per heavy atom. The largest absolute Gasteiger partial charge is 0.486 e. The van der Waals surface area contributed by atoms with Crippen molar-refractivity contribution in [3.8, 4) is 11.5 Å². The Labute approximate surface area is 181 Å². The minimum atomic E-state index is -0.139. The van der Waals surface area contributed by atoms with Crippen molar-refractivity contribution in [2.75, 3.05) is 32.1 Å². The van der Waals surface area contributed by atoms with Crippen molar-refractivity contribution in [1.29, 1.82) is 0 Å². The Morgan fingerprint density at radius 1 is 1.03 bits per heavy atom. The lowest BCUT2D eigenvalue weighted by Gasteiger charge is -2.29. The second-order valence-corrected chi connectivity index (χ2v) is 8.74. The van der Waals surface area contributed by atoms with E-state index < -0.39 is 0 Å². The van der Waals surface area contributed by atoms with Crippen LogP contribution >= 0.6 is 11.8 Å². The molecule has 1 fully saturated rings. The van der Waals surface area contributed by atoms with E-state index in [0.29, 0.717) is 25.5 Å². The van der Waals surface area contributed by atoms with Crippen molar-refractivity contribution in [1.82, 2.24) is 10.2 Å². The van der Waals surface area contributed by atoms with Gasteiger partial charge in [-0.25, -0.2) is 0 Å². The number of carbonyl (C=O) groups is 1. The molecule has 0 radical (unpaired) electrons. The summed E-state index contributed by atoms with van der Waals surface area (Å²) < 4.78 is 11.1. The van der Waals surface area contributed by atoms with Crippen molar-refractivity contribution >= 4 is 17.7 Å². The minimum absolute atomic E-state index is 0.00541. The number of rotatable bonds is 7. The fourth-order valence-corrected chi connectivity index (χ4v) is 4.37. The molecule has 7 heteroatoms. The molecule has 2 N–H and O–H groups in total. The van der Waals surface area contributed by atoms with Gasteiger partial charge < -0.3 is 19.9 Å². The molecule has 0 spiro atoms. The van der Waals surface area contributed by atoms with Gasteiger partial charge in [-0.2, -0.15) is 0 Å². The third-order valence-corrected chi connectivity index (χ3v) is 6.35. The number of nitrogens with zero attached hydrogens (tertiary/aromatic N) is 1. The molecule has 0 aliphatic carbocycles. The van der Waals surface area contributed by atoms with Gasteiger partial charge in [-0.15, -0.1) is 11.8 Å². The molecular formula is C23H28N2O4S. The third kappa shape index (κ3) is 5.90. The zero-order valence-electron chi connectivity index (χ0n) is 17.0. The van der Waals surface area contributed by atoms with Crippen molar-refractivity contribution in [2.24, 2.45) is 0 Å². The van der Waals surface area contributed by atoms with Crippen LogP contribution in [0.15, 0.2) is 47.4 Å². The van der Waals surface area contributed by atoms with E-state index in [-0.39, 0.29) is 12.0 Å². The normalized spacial score (nSPS) is 17.0. The first-order chi connectivity index (χ1) is 14.7. The second-order valence-electron chi connectivity index (χ2n) is 7.69. The first-order valence-electron chi connectivity index (χ1n) is 10.4. The predicted molar refractivity (Wildman–Crippen MR) is 117 cm³/mol. The molecule has 2 aromatic rings. The molecule has 6 nitrogen and oxygen atoms in total. The van der Waals surface area contributed by atoms with Crippen LogP contribution in [0.1, 0.15) is 24.0 Å². The highest BCUT2D eigenvalue weighted by molar-refractivity contribution is 8.00. The maximum absolute atomic E-state index is 12.2. The molecule has 0 saturated carbocycles. The SMILES string of the molecule is O=C(CSc1ccc2c(c1)OCCO2)NCc1ccc(CN2CCC(O)CC2)cc1. The van der Waals surface area contributed by atoms with Crippen LogP contribution in [0.2, 0.25) is 0 Å². The van der Waals surface area contributed by atoms with Crippen LogP contribution in [0.4, 0.5) is 0 Å². The second kappa shape index (κ2) is 10.2. The lowest BCUT2D eigenvalue weighted by atomic mass is 10.1. The molecule has 0 atom stereocenters. The number of benzene rings is 2. The van der Waals surface area contributed by atoms with Gasteiger partial charge in [0.25, 0.3) is 0 Å². The monoisotopic (exact) mass is 428 g/mol. The Morgan fingerprint density at radius 3 is 2.50 bits per heavy atom. The molecule has 1 saturated heterocycles. The molecule has 1 amide bonds. The van der Waals surface area contributed by atoms with E-state index in [1.807, 2.05) is 18.2 Å². The van der Waals surface area contributed by atoms with Crippen LogP contribution in [0, 0.1) is 0 Å². The zero-order chi connectivity index (χ0) is 20.8. The summed E-state index contributed by atoms with van der Waals surface area (Å²) in [5.74, 6) is 1.87. The highest BCUT2D eigenvalue weighted by Crippen LogP contribution is 2.34. The molecule has 0 unspecified atom stereocenters. The van der Waals surface area contributed by atoms with Gasteiger partial charge in [0.15, 0.2) is 11.5 Å². The van der Waals surface area contributed by atoms with Crippen LogP contribution in [-0.2, 0) is 17.9 Å². The number of ether oxygens (including phenoxy) is 2. The summed E-state index contributed by atoms with van der Waals surface area (Å²) >= 11 is 1.49. The summed E-state index contributed by atoms with van der Waals surface area (Å²) in [5.41, 5.74) is 2.35. The van der Waals surface area contributed by atoms with Gasteiger partial charge in [-0.1, -0.05) is 24.3 Å². The number of carbonyl (C=O) groups excluding carboxylic acids is 1. The summed E-state index contributed by atoms with van der Waals surface area (Å²) in [4.78, 5) is 15.6. The number of nitrogens with one attached hydrogen (secondary N) is 1. The average Bonchev–Trinajstić information content (AvgIpc) is 2.78. The topological polar surface area (TPSA) is 71.0 Å². The van der Waals surface area contributed by atoms with Gasteiger partial charge >= 0.3 is 0 Å². The number of thioether (sulfide) groups is 1. The summed E-state index contributed by atoms with van der Waals surface area (Å²) in [6.07, 6.45) is 1.57. The fourth-order valence-electron chi connectivity index (χ4n) is 3.61. The van der Waals surface area contributed by atoms with Gasteiger partial charge in [0.2, 0.25) is 5.91 Å². The number of hydrogen-bond donors (Lipinski definition) is 2. The maximum atomic E-state index is 12.2. The van der Waals surface area contributed by atoms with E-state index in [1.54, 1.807) is 0 Å². The van der Waals surface area contributed by atoms with Crippen molar-refractivity contribution in [2.45, 2.75) is 36.9 Å². The number of aliphatic hydroxyl groups excluding tert-OH is 1. The van der Waals surface area contributed by atoms with Crippen molar-refractivity contribution < 1.29 is 19.4 Å². The van der Waals surface area contributed by atoms with Crippen LogP contribution in [0.3, 0.4) is 0 Å². The minimum Gasteiger partial charge on any atom is -0.486 e. The predicted octanol–water partition coefficient (Wildman–Crippen LogP) is 2.82. The quantitative estimate of drug-likeness (QED) is 0.661. The molecule has 2 aliphatic rings. The maximum Gasteiger partial charge on any atom is 0.230 e. The first-order valence-corrected chi connectivity index (χ1v) is 11.4. The summed E-state index contributed by atoms with van der Waals surface area (Å²) in [5, 5.41) is 12.6. The van der Waals surface area contributed by atoms with Crippen LogP contribution < -0.4 is 14.8 Å². The molecule has 2 heterocycles. The lowest BCUT2D eigenvalue weighted by molar-refractivity contribution is -0.118. The number of aliphatic hydroxyl groups is 1. The number of fused-ring (bicyclic) bond motifs is 1. The smallest absolute Gasteiger partial charge is 0.230 e.